The molecule has 0 saturated heterocycles. The summed E-state index contributed by atoms with van der Waals surface area (Å²) in [4.78, 5) is 4.20. The average molecular weight is 382 g/mol. The third kappa shape index (κ3) is 2.75. The molecule has 27 heavy (non-hydrogen) atoms. The highest BCUT2D eigenvalue weighted by atomic mass is 35.5. The summed E-state index contributed by atoms with van der Waals surface area (Å²) in [5.41, 5.74) is 3.90. The lowest BCUT2D eigenvalue weighted by Crippen LogP contribution is -2.10. The van der Waals surface area contributed by atoms with Gasteiger partial charge >= 0.3 is 0 Å². The van der Waals surface area contributed by atoms with Gasteiger partial charge < -0.3 is 10.2 Å². The molecule has 5 rings (SSSR count). The second-order valence-corrected chi connectivity index (χ2v) is 7.17. The van der Waals surface area contributed by atoms with Gasteiger partial charge in [0.25, 0.3) is 0 Å². The number of aliphatic hydroxyl groups excluding tert-OH is 1. The summed E-state index contributed by atoms with van der Waals surface area (Å²) in [5, 5.41) is 29.2. The van der Waals surface area contributed by atoms with Crippen LogP contribution in [0.1, 0.15) is 41.8 Å². The molecule has 8 heteroatoms. The zero-order valence-electron chi connectivity index (χ0n) is 14.2. The van der Waals surface area contributed by atoms with E-state index in [0.717, 1.165) is 29.6 Å². The fourth-order valence-corrected chi connectivity index (χ4v) is 3.54. The van der Waals surface area contributed by atoms with Gasteiger partial charge in [-0.25, -0.2) is 9.67 Å². The molecule has 3 aromatic heterocycles. The van der Waals surface area contributed by atoms with Crippen molar-refractivity contribution in [1.29, 1.82) is 0 Å². The van der Waals surface area contributed by atoms with E-state index in [9.17, 15) is 10.2 Å². The van der Waals surface area contributed by atoms with Crippen molar-refractivity contribution >= 4 is 17.1 Å². The number of phenols is 1. The maximum Gasteiger partial charge on any atom is 0.140 e. The third-order valence-corrected chi connectivity index (χ3v) is 5.22. The first-order valence-electron chi connectivity index (χ1n) is 8.66. The standard InChI is InChI=1S/C19H16ClN5O2/c20-15-7-12(4-6-17(15)26)25-9-16(22-23-25)19(27)18-14(11-1-2-11)5-3-13-8-21-10-24(13)18/h3-11,19,26-27H,1-2H2. The van der Waals surface area contributed by atoms with Crippen molar-refractivity contribution < 1.29 is 10.2 Å². The van der Waals surface area contributed by atoms with Crippen molar-refractivity contribution in [2.75, 3.05) is 0 Å². The number of halogens is 1. The first-order valence-corrected chi connectivity index (χ1v) is 9.03. The topological polar surface area (TPSA) is 88.5 Å². The summed E-state index contributed by atoms with van der Waals surface area (Å²) < 4.78 is 3.43. The smallest absolute Gasteiger partial charge is 0.140 e. The van der Waals surface area contributed by atoms with Gasteiger partial charge in [-0.2, -0.15) is 0 Å². The molecule has 0 spiro atoms. The van der Waals surface area contributed by atoms with E-state index < -0.39 is 6.10 Å². The van der Waals surface area contributed by atoms with Crippen molar-refractivity contribution in [2.45, 2.75) is 24.9 Å². The van der Waals surface area contributed by atoms with Gasteiger partial charge in [-0.05, 0) is 48.6 Å². The van der Waals surface area contributed by atoms with E-state index in [2.05, 4.69) is 21.4 Å². The summed E-state index contributed by atoms with van der Waals surface area (Å²) in [7, 11) is 0. The molecule has 1 aliphatic rings. The van der Waals surface area contributed by atoms with E-state index in [4.69, 9.17) is 11.6 Å². The molecule has 0 aliphatic heterocycles. The van der Waals surface area contributed by atoms with Gasteiger partial charge in [-0.1, -0.05) is 22.9 Å². The molecular weight excluding hydrogens is 366 g/mol. The fraction of sp³-hybridized carbons (Fsp3) is 0.211. The molecule has 136 valence electrons. The zero-order valence-corrected chi connectivity index (χ0v) is 15.0. The number of benzene rings is 1. The number of nitrogens with zero attached hydrogens (tertiary/aromatic N) is 5. The molecule has 1 atom stereocenters. The second-order valence-electron chi connectivity index (χ2n) is 6.76. The Morgan fingerprint density at radius 3 is 2.81 bits per heavy atom. The first kappa shape index (κ1) is 16.3. The fourth-order valence-electron chi connectivity index (χ4n) is 3.37. The summed E-state index contributed by atoms with van der Waals surface area (Å²) in [6, 6.07) is 8.85. The molecule has 2 N–H and O–H groups in total. The Hall–Kier alpha value is -2.90. The molecule has 0 radical (unpaired) electrons. The number of aliphatic hydroxyl groups is 1. The van der Waals surface area contributed by atoms with E-state index in [-0.39, 0.29) is 10.8 Å². The molecule has 1 aliphatic carbocycles. The summed E-state index contributed by atoms with van der Waals surface area (Å²) >= 11 is 5.97. The largest absolute Gasteiger partial charge is 0.506 e. The van der Waals surface area contributed by atoms with Crippen LogP contribution in [0.3, 0.4) is 0 Å². The zero-order chi connectivity index (χ0) is 18.5. The van der Waals surface area contributed by atoms with Crippen molar-refractivity contribution in [3.8, 4) is 11.4 Å². The van der Waals surface area contributed by atoms with Crippen molar-refractivity contribution in [2.24, 2.45) is 0 Å². The van der Waals surface area contributed by atoms with Gasteiger partial charge in [-0.15, -0.1) is 5.10 Å². The van der Waals surface area contributed by atoms with Crippen LogP contribution in [-0.2, 0) is 0 Å². The molecule has 1 aromatic carbocycles. The Morgan fingerprint density at radius 1 is 1.19 bits per heavy atom. The summed E-state index contributed by atoms with van der Waals surface area (Å²) in [6.07, 6.45) is 6.46. The number of aromatic hydroxyl groups is 1. The summed E-state index contributed by atoms with van der Waals surface area (Å²) in [6.45, 7) is 0. The molecule has 0 amide bonds. The summed E-state index contributed by atoms with van der Waals surface area (Å²) in [5.74, 6) is 0.467. The number of rotatable bonds is 4. The predicted molar refractivity (Wildman–Crippen MR) is 99.3 cm³/mol. The first-order chi connectivity index (χ1) is 13.1. The van der Waals surface area contributed by atoms with Crippen LogP contribution < -0.4 is 0 Å². The van der Waals surface area contributed by atoms with Gasteiger partial charge in [0, 0.05) is 0 Å². The van der Waals surface area contributed by atoms with E-state index in [0.29, 0.717) is 17.3 Å². The Labute approximate surface area is 159 Å². The van der Waals surface area contributed by atoms with Crippen LogP contribution in [0.2, 0.25) is 5.02 Å². The maximum absolute atomic E-state index is 11.1. The number of hydrogen-bond acceptors (Lipinski definition) is 5. The molecule has 1 fully saturated rings. The molecule has 1 unspecified atom stereocenters. The quantitative estimate of drug-likeness (QED) is 0.566. The lowest BCUT2D eigenvalue weighted by molar-refractivity contribution is 0.207. The normalized spacial score (nSPS) is 15.3. The minimum absolute atomic E-state index is 0.00153. The Balaban J connectivity index is 1.57. The highest BCUT2D eigenvalue weighted by molar-refractivity contribution is 6.32. The van der Waals surface area contributed by atoms with Crippen LogP contribution in [0.25, 0.3) is 11.2 Å². The van der Waals surface area contributed by atoms with Crippen LogP contribution in [-0.4, -0.2) is 34.6 Å². The van der Waals surface area contributed by atoms with Gasteiger partial charge in [0.05, 0.1) is 40.6 Å². The highest BCUT2D eigenvalue weighted by Crippen LogP contribution is 2.44. The van der Waals surface area contributed by atoms with Crippen molar-refractivity contribution in [3.63, 3.8) is 0 Å². The lowest BCUT2D eigenvalue weighted by Gasteiger charge is -2.16. The maximum atomic E-state index is 11.1. The molecule has 1 saturated carbocycles. The van der Waals surface area contributed by atoms with Crippen LogP contribution in [0, 0.1) is 0 Å². The van der Waals surface area contributed by atoms with E-state index in [1.165, 1.54) is 10.7 Å². The number of hydrogen-bond donors (Lipinski definition) is 2. The number of pyridine rings is 1. The van der Waals surface area contributed by atoms with Crippen LogP contribution >= 0.6 is 11.6 Å². The SMILES string of the molecule is Oc1ccc(-n2cc(C(O)c3c(C4CC4)ccc4cncn34)nn2)cc1Cl. The minimum atomic E-state index is -0.931. The molecule has 4 aromatic rings. The van der Waals surface area contributed by atoms with Gasteiger partial charge in [0.15, 0.2) is 0 Å². The number of fused-ring (bicyclic) bond motifs is 1. The van der Waals surface area contributed by atoms with Gasteiger partial charge in [0.1, 0.15) is 17.5 Å². The number of imidazole rings is 1. The van der Waals surface area contributed by atoms with Crippen molar-refractivity contribution in [1.82, 2.24) is 24.4 Å². The van der Waals surface area contributed by atoms with Gasteiger partial charge in [0.2, 0.25) is 0 Å². The van der Waals surface area contributed by atoms with E-state index >= 15 is 0 Å². The predicted octanol–water partition coefficient (Wildman–Crippen LogP) is 3.23. The van der Waals surface area contributed by atoms with Crippen LogP contribution in [0.15, 0.2) is 49.1 Å². The second kappa shape index (κ2) is 6.07. The Kier molecular flexibility index (Phi) is 3.66. The highest BCUT2D eigenvalue weighted by Gasteiger charge is 2.31. The lowest BCUT2D eigenvalue weighted by atomic mass is 10.0. The number of aromatic nitrogens is 5. The number of phenolic OH excluding ortho intramolecular Hbond substituents is 1. The molecule has 0 bridgehead atoms. The minimum Gasteiger partial charge on any atom is -0.506 e. The molecule has 7 nitrogen and oxygen atoms in total. The Morgan fingerprint density at radius 2 is 2.04 bits per heavy atom. The van der Waals surface area contributed by atoms with Gasteiger partial charge in [-0.3, -0.25) is 4.40 Å². The van der Waals surface area contributed by atoms with Crippen molar-refractivity contribution in [3.05, 3.63) is 71.0 Å². The average Bonchev–Trinajstić information content (AvgIpc) is 3.19. The van der Waals surface area contributed by atoms with E-state index in [1.807, 2.05) is 10.5 Å². The Bertz CT molecular complexity index is 1150. The molecular formula is C19H16ClN5O2. The third-order valence-electron chi connectivity index (χ3n) is 4.92. The monoisotopic (exact) mass is 381 g/mol. The molecule has 3 heterocycles. The van der Waals surface area contributed by atoms with Crippen LogP contribution in [0.4, 0.5) is 0 Å². The van der Waals surface area contributed by atoms with E-state index in [1.54, 1.807) is 30.9 Å². The van der Waals surface area contributed by atoms with Crippen LogP contribution in [0.5, 0.6) is 5.75 Å².